The highest BCUT2D eigenvalue weighted by atomic mass is 16.3. The molecule has 2 aromatic heterocycles. The third-order valence-electron chi connectivity index (χ3n) is 4.69. The average molecular weight is 331 g/mol. The van der Waals surface area contributed by atoms with Gasteiger partial charge in [-0.15, -0.1) is 10.2 Å². The second-order valence-corrected chi connectivity index (χ2v) is 6.76. The van der Waals surface area contributed by atoms with Crippen molar-refractivity contribution >= 4 is 6.03 Å². The quantitative estimate of drug-likeness (QED) is 0.938. The largest absolute Gasteiger partial charge is 0.464 e. The molecule has 0 unspecified atom stereocenters. The number of carbonyl (C=O) groups is 1. The van der Waals surface area contributed by atoms with Crippen LogP contribution in [0.3, 0.4) is 0 Å². The molecule has 0 aliphatic carbocycles. The molecule has 7 heteroatoms. The number of urea groups is 1. The van der Waals surface area contributed by atoms with E-state index in [4.69, 9.17) is 4.42 Å². The molecule has 1 aliphatic heterocycles. The summed E-state index contributed by atoms with van der Waals surface area (Å²) in [5.41, 5.74) is 0. The van der Waals surface area contributed by atoms with Crippen molar-refractivity contribution in [2.75, 3.05) is 6.54 Å². The van der Waals surface area contributed by atoms with Crippen molar-refractivity contribution in [3.8, 4) is 0 Å². The molecule has 1 aliphatic rings. The number of likely N-dealkylation sites (tertiary alicyclic amines) is 1. The summed E-state index contributed by atoms with van der Waals surface area (Å²) in [5.74, 6) is 3.04. The van der Waals surface area contributed by atoms with E-state index in [2.05, 4.69) is 22.4 Å². The Kier molecular flexibility index (Phi) is 4.59. The van der Waals surface area contributed by atoms with Gasteiger partial charge in [-0.1, -0.05) is 6.92 Å². The Morgan fingerprint density at radius 1 is 1.46 bits per heavy atom. The van der Waals surface area contributed by atoms with Crippen LogP contribution in [0.5, 0.6) is 0 Å². The highest BCUT2D eigenvalue weighted by Crippen LogP contribution is 2.35. The van der Waals surface area contributed by atoms with Crippen LogP contribution < -0.4 is 5.32 Å². The minimum Gasteiger partial charge on any atom is -0.464 e. The molecule has 24 heavy (non-hydrogen) atoms. The highest BCUT2D eigenvalue weighted by Gasteiger charge is 2.33. The number of rotatable bonds is 3. The molecule has 1 N–H and O–H groups in total. The van der Waals surface area contributed by atoms with Gasteiger partial charge in [0, 0.05) is 13.6 Å². The summed E-state index contributed by atoms with van der Waals surface area (Å²) in [6.45, 7) is 6.79. The predicted molar refractivity (Wildman–Crippen MR) is 89.2 cm³/mol. The van der Waals surface area contributed by atoms with Gasteiger partial charge in [0.2, 0.25) is 0 Å². The third-order valence-corrected chi connectivity index (χ3v) is 4.69. The van der Waals surface area contributed by atoms with Gasteiger partial charge in [0.05, 0.1) is 12.1 Å². The Balaban J connectivity index is 1.75. The van der Waals surface area contributed by atoms with E-state index in [0.717, 1.165) is 36.7 Å². The van der Waals surface area contributed by atoms with E-state index >= 15 is 0 Å². The monoisotopic (exact) mass is 331 g/mol. The van der Waals surface area contributed by atoms with Gasteiger partial charge in [-0.05, 0) is 44.7 Å². The number of aryl methyl sites for hydroxylation is 2. The molecule has 2 amide bonds. The maximum Gasteiger partial charge on any atom is 0.318 e. The predicted octanol–water partition coefficient (Wildman–Crippen LogP) is 2.96. The van der Waals surface area contributed by atoms with Crippen LogP contribution in [0.1, 0.15) is 56.1 Å². The van der Waals surface area contributed by atoms with E-state index in [1.165, 1.54) is 0 Å². The fourth-order valence-electron chi connectivity index (χ4n) is 3.30. The van der Waals surface area contributed by atoms with Crippen LogP contribution in [0.2, 0.25) is 0 Å². The molecule has 130 valence electrons. The van der Waals surface area contributed by atoms with E-state index in [9.17, 15) is 4.79 Å². The molecular weight excluding hydrogens is 306 g/mol. The maximum atomic E-state index is 12.8. The van der Waals surface area contributed by atoms with Crippen LogP contribution in [0.4, 0.5) is 4.79 Å². The van der Waals surface area contributed by atoms with E-state index < -0.39 is 0 Å². The van der Waals surface area contributed by atoms with Gasteiger partial charge in [0.25, 0.3) is 0 Å². The van der Waals surface area contributed by atoms with Gasteiger partial charge in [0.1, 0.15) is 17.8 Å². The molecule has 3 rings (SSSR count). The van der Waals surface area contributed by atoms with Gasteiger partial charge in [-0.3, -0.25) is 0 Å². The number of aromatic nitrogens is 3. The first-order valence-corrected chi connectivity index (χ1v) is 8.43. The molecule has 0 spiro atoms. The van der Waals surface area contributed by atoms with Crippen molar-refractivity contribution in [1.82, 2.24) is 25.0 Å². The highest BCUT2D eigenvalue weighted by molar-refractivity contribution is 5.75. The number of hydrogen-bond donors (Lipinski definition) is 1. The van der Waals surface area contributed by atoms with Gasteiger partial charge in [-0.25, -0.2) is 4.79 Å². The molecule has 7 nitrogen and oxygen atoms in total. The normalized spacial score (nSPS) is 22.4. The lowest BCUT2D eigenvalue weighted by Gasteiger charge is -2.37. The molecule has 0 bridgehead atoms. The maximum absolute atomic E-state index is 12.8. The number of hydrogen-bond acceptors (Lipinski definition) is 4. The SMILES string of the molecule is Cc1ccc([C@@H]2C[C@H](C)CCN2C(=O)N[C@H](C)c2nncn2C)o1. The van der Waals surface area contributed by atoms with Crippen molar-refractivity contribution in [2.24, 2.45) is 13.0 Å². The lowest BCUT2D eigenvalue weighted by Crippen LogP contribution is -2.46. The van der Waals surface area contributed by atoms with Crippen molar-refractivity contribution in [2.45, 2.75) is 45.7 Å². The molecule has 0 saturated carbocycles. The van der Waals surface area contributed by atoms with Gasteiger partial charge in [0.15, 0.2) is 5.82 Å². The minimum absolute atomic E-state index is 0.0193. The second-order valence-electron chi connectivity index (χ2n) is 6.76. The standard InChI is InChI=1S/C17H25N5O2/c1-11-7-8-22(14(9-11)15-6-5-12(2)24-15)17(23)19-13(3)16-20-18-10-21(16)4/h5-6,10-11,13-14H,7-9H2,1-4H3,(H,19,23)/t11-,13-,14+/m1/s1. The van der Waals surface area contributed by atoms with E-state index in [1.807, 2.05) is 42.5 Å². The zero-order valence-corrected chi connectivity index (χ0v) is 14.7. The van der Waals surface area contributed by atoms with E-state index in [1.54, 1.807) is 6.33 Å². The minimum atomic E-state index is -0.205. The molecule has 0 radical (unpaired) electrons. The first kappa shape index (κ1) is 16.5. The number of furan rings is 1. The Hall–Kier alpha value is -2.31. The van der Waals surface area contributed by atoms with Crippen molar-refractivity contribution in [1.29, 1.82) is 0 Å². The van der Waals surface area contributed by atoms with Crippen molar-refractivity contribution in [3.63, 3.8) is 0 Å². The second kappa shape index (κ2) is 6.67. The van der Waals surface area contributed by atoms with Crippen LogP contribution in [0.15, 0.2) is 22.9 Å². The summed E-state index contributed by atoms with van der Waals surface area (Å²) in [5, 5.41) is 11.0. The molecule has 1 saturated heterocycles. The summed E-state index contributed by atoms with van der Waals surface area (Å²) in [7, 11) is 1.87. The Bertz CT molecular complexity index is 707. The topological polar surface area (TPSA) is 76.2 Å². The number of nitrogens with one attached hydrogen (secondary N) is 1. The molecule has 1 fully saturated rings. The number of nitrogens with zero attached hydrogens (tertiary/aromatic N) is 4. The fraction of sp³-hybridized carbons (Fsp3) is 0.588. The number of amides is 2. The lowest BCUT2D eigenvalue weighted by molar-refractivity contribution is 0.117. The average Bonchev–Trinajstić information content (AvgIpc) is 3.15. The van der Waals surface area contributed by atoms with Crippen LogP contribution in [0.25, 0.3) is 0 Å². The van der Waals surface area contributed by atoms with Crippen molar-refractivity contribution in [3.05, 3.63) is 35.8 Å². The van der Waals surface area contributed by atoms with Gasteiger partial charge < -0.3 is 19.2 Å². The van der Waals surface area contributed by atoms with E-state index in [0.29, 0.717) is 5.92 Å². The summed E-state index contributed by atoms with van der Waals surface area (Å²) in [6, 6.07) is 3.62. The smallest absolute Gasteiger partial charge is 0.318 e. The summed E-state index contributed by atoms with van der Waals surface area (Å²) in [4.78, 5) is 14.7. The zero-order valence-electron chi connectivity index (χ0n) is 14.7. The molecular formula is C17H25N5O2. The van der Waals surface area contributed by atoms with Gasteiger partial charge in [-0.2, -0.15) is 0 Å². The van der Waals surface area contributed by atoms with Crippen LogP contribution in [0, 0.1) is 12.8 Å². The first-order chi connectivity index (χ1) is 11.5. The van der Waals surface area contributed by atoms with Crippen LogP contribution >= 0.6 is 0 Å². The number of piperidine rings is 1. The van der Waals surface area contributed by atoms with Crippen LogP contribution in [-0.4, -0.2) is 32.2 Å². The Morgan fingerprint density at radius 2 is 2.25 bits per heavy atom. The first-order valence-electron chi connectivity index (χ1n) is 8.43. The Labute approximate surface area is 142 Å². The molecule has 0 aromatic carbocycles. The summed E-state index contributed by atoms with van der Waals surface area (Å²) < 4.78 is 7.62. The third kappa shape index (κ3) is 3.29. The van der Waals surface area contributed by atoms with Crippen LogP contribution in [-0.2, 0) is 7.05 Å². The molecule has 3 atom stereocenters. The fourth-order valence-corrected chi connectivity index (χ4v) is 3.30. The number of carbonyl (C=O) groups excluding carboxylic acids is 1. The molecule has 2 aromatic rings. The van der Waals surface area contributed by atoms with Gasteiger partial charge >= 0.3 is 6.03 Å². The Morgan fingerprint density at radius 3 is 2.88 bits per heavy atom. The zero-order chi connectivity index (χ0) is 17.3. The summed E-state index contributed by atoms with van der Waals surface area (Å²) >= 11 is 0. The van der Waals surface area contributed by atoms with Crippen molar-refractivity contribution < 1.29 is 9.21 Å². The molecule has 3 heterocycles. The van der Waals surface area contributed by atoms with E-state index in [-0.39, 0.29) is 18.1 Å². The lowest BCUT2D eigenvalue weighted by atomic mass is 9.91. The summed E-state index contributed by atoms with van der Waals surface area (Å²) in [6.07, 6.45) is 3.55.